The Balaban J connectivity index is 1.95. The smallest absolute Gasteiger partial charge is 0.253 e. The van der Waals surface area contributed by atoms with Crippen molar-refractivity contribution in [2.45, 2.75) is 13.5 Å². The molecule has 0 saturated heterocycles. The van der Waals surface area contributed by atoms with Gasteiger partial charge in [-0.15, -0.1) is 0 Å². The van der Waals surface area contributed by atoms with Crippen LogP contribution in [0, 0.1) is 10.5 Å². The lowest BCUT2D eigenvalue weighted by atomic mass is 10.2. The van der Waals surface area contributed by atoms with Crippen LogP contribution in [0.5, 0.6) is 0 Å². The Hall–Kier alpha value is -1.70. The average Bonchev–Trinajstić information content (AvgIpc) is 2.41. The highest BCUT2D eigenvalue weighted by atomic mass is 127. The Morgan fingerprint density at radius 3 is 2.85 bits per heavy atom. The molecular formula is C14H14IN3O2. The second kappa shape index (κ2) is 6.65. The summed E-state index contributed by atoms with van der Waals surface area (Å²) in [5.41, 5.74) is 1.22. The summed E-state index contributed by atoms with van der Waals surface area (Å²) in [5.74, 6) is -0.136. The van der Waals surface area contributed by atoms with Crippen LogP contribution >= 0.6 is 22.6 Å². The van der Waals surface area contributed by atoms with E-state index in [0.717, 1.165) is 3.57 Å². The van der Waals surface area contributed by atoms with E-state index >= 15 is 0 Å². The normalized spacial score (nSPS) is 10.3. The Labute approximate surface area is 130 Å². The first kappa shape index (κ1) is 14.7. The number of benzene rings is 1. The zero-order chi connectivity index (χ0) is 14.5. The summed E-state index contributed by atoms with van der Waals surface area (Å²) in [4.78, 5) is 27.7. The summed E-state index contributed by atoms with van der Waals surface area (Å²) >= 11 is 2.12. The molecule has 0 aliphatic heterocycles. The van der Waals surface area contributed by atoms with E-state index < -0.39 is 0 Å². The van der Waals surface area contributed by atoms with Crippen molar-refractivity contribution in [1.29, 1.82) is 0 Å². The number of nitrogens with zero attached hydrogens (tertiary/aromatic N) is 2. The van der Waals surface area contributed by atoms with E-state index in [2.05, 4.69) is 32.9 Å². The molecule has 1 heterocycles. The van der Waals surface area contributed by atoms with E-state index in [1.165, 1.54) is 17.0 Å². The molecule has 0 radical (unpaired) electrons. The van der Waals surface area contributed by atoms with Crippen molar-refractivity contribution in [2.24, 2.45) is 0 Å². The number of aryl methyl sites for hydroxylation is 1. The number of hydrogen-bond donors (Lipinski definition) is 1. The van der Waals surface area contributed by atoms with Gasteiger partial charge in [0.25, 0.3) is 11.5 Å². The highest BCUT2D eigenvalue weighted by Gasteiger charge is 2.08. The molecule has 5 nitrogen and oxygen atoms in total. The van der Waals surface area contributed by atoms with E-state index in [9.17, 15) is 9.59 Å². The molecule has 0 atom stereocenters. The third-order valence-corrected chi connectivity index (χ3v) is 3.71. The Bertz CT molecular complexity index is 682. The fraction of sp³-hybridized carbons (Fsp3) is 0.214. The van der Waals surface area contributed by atoms with E-state index in [-0.39, 0.29) is 11.5 Å². The van der Waals surface area contributed by atoms with Crippen molar-refractivity contribution < 1.29 is 4.79 Å². The molecule has 0 spiro atoms. The maximum atomic E-state index is 12.0. The van der Waals surface area contributed by atoms with Crippen molar-refractivity contribution in [3.8, 4) is 0 Å². The topological polar surface area (TPSA) is 64.0 Å². The number of rotatable bonds is 4. The standard InChI is InChI=1S/C14H14IN3O2/c1-10-8-13(19)18(9-17-10)7-6-16-14(20)11-4-2-3-5-12(11)15/h2-5,8-9H,6-7H2,1H3,(H,16,20). The van der Waals surface area contributed by atoms with E-state index in [0.29, 0.717) is 24.3 Å². The molecule has 104 valence electrons. The van der Waals surface area contributed by atoms with Gasteiger partial charge in [0.05, 0.1) is 11.9 Å². The molecule has 0 bridgehead atoms. The zero-order valence-corrected chi connectivity index (χ0v) is 13.1. The molecule has 0 unspecified atom stereocenters. The quantitative estimate of drug-likeness (QED) is 0.816. The van der Waals surface area contributed by atoms with Gasteiger partial charge in [-0.2, -0.15) is 0 Å². The summed E-state index contributed by atoms with van der Waals surface area (Å²) in [7, 11) is 0. The molecule has 0 aliphatic carbocycles. The molecule has 1 N–H and O–H groups in total. The predicted molar refractivity (Wildman–Crippen MR) is 84.7 cm³/mol. The molecule has 20 heavy (non-hydrogen) atoms. The number of carbonyl (C=O) groups excluding carboxylic acids is 1. The van der Waals surface area contributed by atoms with Gasteiger partial charge in [0.15, 0.2) is 0 Å². The van der Waals surface area contributed by atoms with Crippen LogP contribution in [0.2, 0.25) is 0 Å². The monoisotopic (exact) mass is 383 g/mol. The molecule has 1 aromatic carbocycles. The van der Waals surface area contributed by atoms with Crippen molar-refractivity contribution >= 4 is 28.5 Å². The molecule has 0 aliphatic rings. The average molecular weight is 383 g/mol. The summed E-state index contributed by atoms with van der Waals surface area (Å²) in [6, 6.07) is 8.84. The number of aromatic nitrogens is 2. The van der Waals surface area contributed by atoms with Gasteiger partial charge in [0, 0.05) is 28.4 Å². The largest absolute Gasteiger partial charge is 0.350 e. The minimum absolute atomic E-state index is 0.110. The Morgan fingerprint density at radius 2 is 2.15 bits per heavy atom. The predicted octanol–water partition coefficient (Wildman–Crippen LogP) is 1.59. The molecule has 1 aromatic heterocycles. The highest BCUT2D eigenvalue weighted by Crippen LogP contribution is 2.10. The molecule has 2 aromatic rings. The number of amides is 1. The minimum Gasteiger partial charge on any atom is -0.350 e. The van der Waals surface area contributed by atoms with Crippen LogP contribution in [-0.2, 0) is 6.54 Å². The van der Waals surface area contributed by atoms with Crippen LogP contribution < -0.4 is 10.9 Å². The number of nitrogens with one attached hydrogen (secondary N) is 1. The van der Waals surface area contributed by atoms with Crippen molar-refractivity contribution in [3.63, 3.8) is 0 Å². The van der Waals surface area contributed by atoms with Gasteiger partial charge in [0.1, 0.15) is 0 Å². The lowest BCUT2D eigenvalue weighted by molar-refractivity contribution is 0.0951. The third-order valence-electron chi connectivity index (χ3n) is 2.77. The first-order valence-corrected chi connectivity index (χ1v) is 7.21. The van der Waals surface area contributed by atoms with Crippen molar-refractivity contribution in [2.75, 3.05) is 6.54 Å². The van der Waals surface area contributed by atoms with Gasteiger partial charge in [-0.05, 0) is 41.6 Å². The van der Waals surface area contributed by atoms with Crippen LogP contribution in [0.15, 0.2) is 41.5 Å². The summed E-state index contributed by atoms with van der Waals surface area (Å²) < 4.78 is 2.38. The van der Waals surface area contributed by atoms with E-state index in [1.807, 2.05) is 18.2 Å². The maximum Gasteiger partial charge on any atom is 0.253 e. The summed E-state index contributed by atoms with van der Waals surface area (Å²) in [6.07, 6.45) is 1.50. The molecule has 0 saturated carbocycles. The number of carbonyl (C=O) groups is 1. The van der Waals surface area contributed by atoms with Gasteiger partial charge in [-0.25, -0.2) is 4.98 Å². The van der Waals surface area contributed by atoms with Gasteiger partial charge in [-0.3, -0.25) is 14.2 Å². The fourth-order valence-corrected chi connectivity index (χ4v) is 2.35. The SMILES string of the molecule is Cc1cc(=O)n(CCNC(=O)c2ccccc2I)cn1. The van der Waals surface area contributed by atoms with Gasteiger partial charge in [-0.1, -0.05) is 12.1 Å². The van der Waals surface area contributed by atoms with Crippen molar-refractivity contribution in [1.82, 2.24) is 14.9 Å². The molecule has 1 amide bonds. The van der Waals surface area contributed by atoms with E-state index in [1.54, 1.807) is 13.0 Å². The van der Waals surface area contributed by atoms with E-state index in [4.69, 9.17) is 0 Å². The van der Waals surface area contributed by atoms with Crippen molar-refractivity contribution in [3.05, 3.63) is 61.8 Å². The maximum absolute atomic E-state index is 12.0. The molecule has 0 fully saturated rings. The second-order valence-corrected chi connectivity index (χ2v) is 5.46. The first-order valence-electron chi connectivity index (χ1n) is 6.14. The lowest BCUT2D eigenvalue weighted by Gasteiger charge is -2.08. The molecule has 2 rings (SSSR count). The van der Waals surface area contributed by atoms with Gasteiger partial charge in [0.2, 0.25) is 0 Å². The fourth-order valence-electron chi connectivity index (χ4n) is 1.71. The zero-order valence-electron chi connectivity index (χ0n) is 11.0. The summed E-state index contributed by atoms with van der Waals surface area (Å²) in [6.45, 7) is 2.56. The number of hydrogen-bond acceptors (Lipinski definition) is 3. The number of halogens is 1. The van der Waals surface area contributed by atoms with Crippen LogP contribution in [0.3, 0.4) is 0 Å². The Kier molecular flexibility index (Phi) is 4.89. The van der Waals surface area contributed by atoms with Gasteiger partial charge >= 0.3 is 0 Å². The lowest BCUT2D eigenvalue weighted by Crippen LogP contribution is -2.31. The molecule has 6 heteroatoms. The highest BCUT2D eigenvalue weighted by molar-refractivity contribution is 14.1. The minimum atomic E-state index is -0.136. The first-order chi connectivity index (χ1) is 9.58. The summed E-state index contributed by atoms with van der Waals surface area (Å²) in [5, 5.41) is 2.80. The van der Waals surface area contributed by atoms with Crippen LogP contribution in [-0.4, -0.2) is 22.0 Å². The van der Waals surface area contributed by atoms with Crippen LogP contribution in [0.1, 0.15) is 16.1 Å². The second-order valence-electron chi connectivity index (χ2n) is 4.30. The molecular weight excluding hydrogens is 369 g/mol. The van der Waals surface area contributed by atoms with Crippen LogP contribution in [0.25, 0.3) is 0 Å². The third kappa shape index (κ3) is 3.66. The van der Waals surface area contributed by atoms with Crippen LogP contribution in [0.4, 0.5) is 0 Å². The Morgan fingerprint density at radius 1 is 1.40 bits per heavy atom. The van der Waals surface area contributed by atoms with Gasteiger partial charge < -0.3 is 5.32 Å².